The van der Waals surface area contributed by atoms with Crippen LogP contribution in [0.5, 0.6) is 0 Å². The van der Waals surface area contributed by atoms with Crippen LogP contribution >= 0.6 is 8.25 Å². The highest BCUT2D eigenvalue weighted by atomic mass is 31.1. The van der Waals surface area contributed by atoms with Gasteiger partial charge >= 0.3 is 13.9 Å². The average Bonchev–Trinajstić information content (AvgIpc) is 3.39. The molecule has 0 aliphatic carbocycles. The predicted octanol–water partition coefficient (Wildman–Crippen LogP) is 4.32. The maximum Gasteiger partial charge on any atom is 0.697 e. The Labute approximate surface area is 260 Å². The van der Waals surface area contributed by atoms with E-state index in [4.69, 9.17) is 23.3 Å². The standard InChI is InChI=1S/C32H43N2O8PSi/c1-24-22-34(31(37)33-30(24)36)29-21-27(42-43(38)39-20-14-6-5-13-19-35)28(41-29)23-40-44(32(2,3)4,25-15-9-7-10-16-25)26-17-11-8-12-18-26/h7-12,15-18,22,27-29,35H,5-6,13-14,19-21,23H2,1-4H3/p+1/t27-,28+,29+/m0/s1. The Bertz CT molecular complexity index is 1440. The van der Waals surface area contributed by atoms with Crippen LogP contribution in [0.2, 0.25) is 5.04 Å². The van der Waals surface area contributed by atoms with Gasteiger partial charge in [0.15, 0.2) is 0 Å². The molecule has 2 N–H and O–H groups in total. The van der Waals surface area contributed by atoms with E-state index in [0.29, 0.717) is 12.0 Å². The van der Waals surface area contributed by atoms with Gasteiger partial charge in [-0.05, 0) is 35.2 Å². The van der Waals surface area contributed by atoms with E-state index >= 15 is 0 Å². The number of ether oxygens (including phenoxy) is 1. The Balaban J connectivity index is 1.61. The molecule has 2 heterocycles. The van der Waals surface area contributed by atoms with Gasteiger partial charge in [-0.15, -0.1) is 9.05 Å². The van der Waals surface area contributed by atoms with Gasteiger partial charge in [-0.1, -0.05) is 94.3 Å². The summed E-state index contributed by atoms with van der Waals surface area (Å²) in [6, 6.07) is 20.4. The summed E-state index contributed by atoms with van der Waals surface area (Å²) in [5.41, 5.74) is -0.686. The van der Waals surface area contributed by atoms with Crippen molar-refractivity contribution in [1.29, 1.82) is 0 Å². The van der Waals surface area contributed by atoms with Crippen molar-refractivity contribution in [1.82, 2.24) is 9.55 Å². The van der Waals surface area contributed by atoms with Crippen LogP contribution in [-0.2, 0) is 22.8 Å². The number of unbranched alkanes of at least 4 members (excludes halogenated alkanes) is 3. The van der Waals surface area contributed by atoms with E-state index in [0.717, 1.165) is 29.6 Å². The van der Waals surface area contributed by atoms with E-state index in [1.165, 1.54) is 10.8 Å². The number of aliphatic hydroxyl groups excluding tert-OH is 1. The van der Waals surface area contributed by atoms with Crippen LogP contribution in [0.25, 0.3) is 0 Å². The highest BCUT2D eigenvalue weighted by molar-refractivity contribution is 7.33. The maximum absolute atomic E-state index is 12.9. The Morgan fingerprint density at radius 2 is 1.61 bits per heavy atom. The van der Waals surface area contributed by atoms with Crippen LogP contribution < -0.4 is 21.6 Å². The van der Waals surface area contributed by atoms with Gasteiger partial charge in [0.1, 0.15) is 25.0 Å². The molecule has 3 aromatic rings. The number of H-pyrrole nitrogens is 1. The number of nitrogens with one attached hydrogen (secondary N) is 1. The summed E-state index contributed by atoms with van der Waals surface area (Å²) in [7, 11) is -5.39. The zero-order valence-corrected chi connectivity index (χ0v) is 27.8. The van der Waals surface area contributed by atoms with Gasteiger partial charge in [0.05, 0.1) is 6.61 Å². The molecule has 0 radical (unpaired) electrons. The SMILES string of the molecule is Cc1cn([C@H]2C[C@H](O[P+](=O)OCCCCCCO)[C@@H](CO[Si](c3ccccc3)(c3ccccc3)C(C)(C)C)O2)c(=O)[nH]c1=O. The Morgan fingerprint density at radius 1 is 1.00 bits per heavy atom. The van der Waals surface area contributed by atoms with Crippen LogP contribution in [0.15, 0.2) is 76.4 Å². The lowest BCUT2D eigenvalue weighted by atomic mass is 10.2. The van der Waals surface area contributed by atoms with Crippen LogP contribution in [0.3, 0.4) is 0 Å². The van der Waals surface area contributed by atoms with Crippen LogP contribution in [0.1, 0.15) is 64.7 Å². The Kier molecular flexibility index (Phi) is 12.0. The first-order chi connectivity index (χ1) is 21.1. The van der Waals surface area contributed by atoms with Gasteiger partial charge in [0.25, 0.3) is 13.9 Å². The van der Waals surface area contributed by atoms with Crippen molar-refractivity contribution in [3.8, 4) is 0 Å². The van der Waals surface area contributed by atoms with Gasteiger partial charge in [0.2, 0.25) is 0 Å². The monoisotopic (exact) mass is 643 g/mol. The van der Waals surface area contributed by atoms with E-state index in [1.54, 1.807) is 6.92 Å². The average molecular weight is 644 g/mol. The number of hydrogen-bond donors (Lipinski definition) is 2. The lowest BCUT2D eigenvalue weighted by Crippen LogP contribution is -2.67. The molecule has 1 unspecified atom stereocenters. The van der Waals surface area contributed by atoms with Crippen molar-refractivity contribution in [3.63, 3.8) is 0 Å². The molecule has 1 fully saturated rings. The smallest absolute Gasteiger partial charge is 0.405 e. The van der Waals surface area contributed by atoms with Crippen molar-refractivity contribution >= 4 is 26.9 Å². The molecular formula is C32H44N2O8PSi+. The molecular weight excluding hydrogens is 599 g/mol. The van der Waals surface area contributed by atoms with Crippen LogP contribution in [0, 0.1) is 6.92 Å². The van der Waals surface area contributed by atoms with E-state index in [2.05, 4.69) is 50.0 Å². The number of benzene rings is 2. The zero-order chi connectivity index (χ0) is 31.7. The fraction of sp³-hybridized carbons (Fsp3) is 0.500. The Morgan fingerprint density at radius 3 is 2.20 bits per heavy atom. The summed E-state index contributed by atoms with van der Waals surface area (Å²) in [5, 5.41) is 10.9. The summed E-state index contributed by atoms with van der Waals surface area (Å²) in [6.45, 7) is 8.69. The molecule has 12 heteroatoms. The summed E-state index contributed by atoms with van der Waals surface area (Å²) < 4.78 is 39.1. The molecule has 0 spiro atoms. The summed E-state index contributed by atoms with van der Waals surface area (Å²) in [5.74, 6) is 0. The highest BCUT2D eigenvalue weighted by Gasteiger charge is 2.52. The zero-order valence-electron chi connectivity index (χ0n) is 25.9. The first kappa shape index (κ1) is 34.1. The number of aliphatic hydroxyl groups is 1. The first-order valence-electron chi connectivity index (χ1n) is 15.2. The van der Waals surface area contributed by atoms with Crippen molar-refractivity contribution in [2.24, 2.45) is 0 Å². The fourth-order valence-corrected chi connectivity index (χ4v) is 11.1. The second-order valence-corrected chi connectivity index (χ2v) is 17.4. The maximum atomic E-state index is 12.9. The molecule has 4 atom stereocenters. The molecule has 1 aromatic heterocycles. The molecule has 0 amide bonds. The third-order valence-corrected chi connectivity index (χ3v) is 13.8. The summed E-state index contributed by atoms with van der Waals surface area (Å²) in [6.07, 6.45) is 2.67. The van der Waals surface area contributed by atoms with Gasteiger partial charge in [-0.3, -0.25) is 14.3 Å². The van der Waals surface area contributed by atoms with E-state index in [-0.39, 0.29) is 31.3 Å². The van der Waals surface area contributed by atoms with E-state index < -0.39 is 46.3 Å². The Hall–Kier alpha value is -2.76. The predicted molar refractivity (Wildman–Crippen MR) is 172 cm³/mol. The minimum Gasteiger partial charge on any atom is -0.405 e. The second kappa shape index (κ2) is 15.5. The number of nitrogens with zero attached hydrogens (tertiary/aromatic N) is 1. The third-order valence-electron chi connectivity index (χ3n) is 7.99. The van der Waals surface area contributed by atoms with Crippen molar-refractivity contribution in [2.75, 3.05) is 19.8 Å². The highest BCUT2D eigenvalue weighted by Crippen LogP contribution is 2.40. The fourth-order valence-electron chi connectivity index (χ4n) is 5.75. The normalized spacial score (nSPS) is 19.3. The minimum atomic E-state index is -2.93. The minimum absolute atomic E-state index is 0.121. The lowest BCUT2D eigenvalue weighted by Gasteiger charge is -2.43. The van der Waals surface area contributed by atoms with Gasteiger partial charge in [-0.2, -0.15) is 0 Å². The largest absolute Gasteiger partial charge is 0.697 e. The topological polar surface area (TPSA) is 129 Å². The first-order valence-corrected chi connectivity index (χ1v) is 18.2. The number of hydrogen-bond acceptors (Lipinski definition) is 8. The molecule has 1 saturated heterocycles. The van der Waals surface area contributed by atoms with Gasteiger partial charge in [0, 0.05) is 29.4 Å². The van der Waals surface area contributed by atoms with Crippen molar-refractivity contribution in [2.45, 2.75) is 83.3 Å². The van der Waals surface area contributed by atoms with Crippen molar-refractivity contribution in [3.05, 3.63) is 93.3 Å². The summed E-state index contributed by atoms with van der Waals surface area (Å²) in [4.78, 5) is 27.1. The molecule has 44 heavy (non-hydrogen) atoms. The van der Waals surface area contributed by atoms with E-state index in [9.17, 15) is 14.2 Å². The molecule has 238 valence electrons. The molecule has 10 nitrogen and oxygen atoms in total. The molecule has 1 aliphatic rings. The van der Waals surface area contributed by atoms with Gasteiger partial charge in [-0.25, -0.2) is 4.79 Å². The van der Waals surface area contributed by atoms with Crippen molar-refractivity contribution < 1.29 is 27.9 Å². The lowest BCUT2D eigenvalue weighted by molar-refractivity contribution is -0.0397. The molecule has 2 aromatic carbocycles. The quantitative estimate of drug-likeness (QED) is 0.142. The number of aryl methyl sites for hydroxylation is 1. The van der Waals surface area contributed by atoms with Crippen LogP contribution in [0.4, 0.5) is 0 Å². The second-order valence-electron chi connectivity index (χ2n) is 12.2. The third kappa shape index (κ3) is 8.08. The van der Waals surface area contributed by atoms with Gasteiger partial charge < -0.3 is 14.3 Å². The molecule has 0 saturated carbocycles. The van der Waals surface area contributed by atoms with E-state index in [1.807, 2.05) is 36.4 Å². The number of aromatic amines is 1. The molecule has 1 aliphatic heterocycles. The molecule has 0 bridgehead atoms. The van der Waals surface area contributed by atoms with Crippen LogP contribution in [-0.4, -0.2) is 55.0 Å². The number of rotatable bonds is 15. The molecule has 4 rings (SSSR count). The number of aromatic nitrogens is 2. The summed E-state index contributed by atoms with van der Waals surface area (Å²) >= 11 is 0.